The van der Waals surface area contributed by atoms with Gasteiger partial charge in [0.05, 0.1) is 0 Å². The number of nitrogens with one attached hydrogen (secondary N) is 1. The molecular weight excluding hydrogens is 381 g/mol. The van der Waals surface area contributed by atoms with Gasteiger partial charge in [-0.2, -0.15) is 0 Å². The molecule has 27 heavy (non-hydrogen) atoms. The van der Waals surface area contributed by atoms with Gasteiger partial charge in [-0.15, -0.1) is 24.8 Å². The number of hydrogen-bond donors (Lipinski definition) is 2. The maximum absolute atomic E-state index is 12.3. The largest absolute Gasteiger partial charge is 0.352 e. The van der Waals surface area contributed by atoms with Gasteiger partial charge in [-0.3, -0.25) is 9.69 Å². The van der Waals surface area contributed by atoms with E-state index in [1.807, 2.05) is 36.4 Å². The number of likely N-dealkylation sites (tertiary alicyclic amines) is 1. The molecule has 1 fully saturated rings. The normalized spacial score (nSPS) is 20.2. The minimum atomic E-state index is -0.250. The Hall–Kier alpha value is -1.59. The van der Waals surface area contributed by atoms with Crippen molar-refractivity contribution in [2.75, 3.05) is 6.54 Å². The van der Waals surface area contributed by atoms with Gasteiger partial charge in [0, 0.05) is 37.6 Å². The van der Waals surface area contributed by atoms with Crippen LogP contribution in [0, 0.1) is 0 Å². The molecule has 1 aliphatic rings. The summed E-state index contributed by atoms with van der Waals surface area (Å²) >= 11 is 0. The lowest BCUT2D eigenvalue weighted by atomic mass is 10.0. The third kappa shape index (κ3) is 6.82. The van der Waals surface area contributed by atoms with Crippen molar-refractivity contribution in [3.05, 3.63) is 71.8 Å². The summed E-state index contributed by atoms with van der Waals surface area (Å²) in [5, 5.41) is 3.17. The molecule has 4 nitrogen and oxygen atoms in total. The molecule has 3 rings (SSSR count). The lowest BCUT2D eigenvalue weighted by molar-refractivity contribution is -0.122. The number of amides is 1. The van der Waals surface area contributed by atoms with E-state index >= 15 is 0 Å². The second-order valence-electron chi connectivity index (χ2n) is 6.99. The zero-order valence-corrected chi connectivity index (χ0v) is 17.2. The summed E-state index contributed by atoms with van der Waals surface area (Å²) in [4.78, 5) is 14.8. The van der Waals surface area contributed by atoms with E-state index in [1.165, 1.54) is 5.56 Å². The van der Waals surface area contributed by atoms with Crippen LogP contribution in [0.1, 0.15) is 36.9 Å². The lowest BCUT2D eigenvalue weighted by Crippen LogP contribution is -2.38. The molecule has 148 valence electrons. The van der Waals surface area contributed by atoms with Gasteiger partial charge in [-0.05, 0) is 24.5 Å². The Morgan fingerprint density at radius 2 is 1.70 bits per heavy atom. The molecule has 1 heterocycles. The summed E-state index contributed by atoms with van der Waals surface area (Å²) in [7, 11) is 0. The standard InChI is InChI=1S/C21H27N3O.2ClH/c1-16-12-19(15-24(16)14-17-8-4-2-5-9-17)23-21(25)13-20(22)18-10-6-3-7-11-18;;/h2-11,16,19-20H,12-15,22H2,1H3,(H,23,25);2*1H. The fraction of sp³-hybridized carbons (Fsp3) is 0.381. The molecule has 3 atom stereocenters. The molecule has 3 N–H and O–H groups in total. The Kier molecular flexibility index (Phi) is 9.81. The minimum absolute atomic E-state index is 0. The molecule has 0 aromatic heterocycles. The molecule has 0 bridgehead atoms. The quantitative estimate of drug-likeness (QED) is 0.764. The number of rotatable bonds is 6. The first kappa shape index (κ1) is 23.4. The fourth-order valence-electron chi connectivity index (χ4n) is 3.55. The van der Waals surface area contributed by atoms with Crippen LogP contribution in [0.25, 0.3) is 0 Å². The van der Waals surface area contributed by atoms with Crippen molar-refractivity contribution in [3.8, 4) is 0 Å². The van der Waals surface area contributed by atoms with E-state index in [4.69, 9.17) is 5.73 Å². The average Bonchev–Trinajstić information content (AvgIpc) is 2.95. The molecule has 0 radical (unpaired) electrons. The van der Waals surface area contributed by atoms with Gasteiger partial charge in [0.25, 0.3) is 0 Å². The Morgan fingerprint density at radius 1 is 1.11 bits per heavy atom. The summed E-state index contributed by atoms with van der Waals surface area (Å²) in [6.45, 7) is 4.05. The molecule has 0 saturated carbocycles. The second-order valence-corrected chi connectivity index (χ2v) is 6.99. The number of nitrogens with zero attached hydrogens (tertiary/aromatic N) is 1. The highest BCUT2D eigenvalue weighted by molar-refractivity contribution is 5.85. The number of carbonyl (C=O) groups is 1. The molecule has 0 spiro atoms. The van der Waals surface area contributed by atoms with E-state index in [2.05, 4.69) is 41.4 Å². The van der Waals surface area contributed by atoms with Crippen LogP contribution in [0.5, 0.6) is 0 Å². The van der Waals surface area contributed by atoms with Crippen LogP contribution >= 0.6 is 24.8 Å². The summed E-state index contributed by atoms with van der Waals surface area (Å²) < 4.78 is 0. The fourth-order valence-corrected chi connectivity index (χ4v) is 3.55. The molecule has 6 heteroatoms. The van der Waals surface area contributed by atoms with Gasteiger partial charge in [0.15, 0.2) is 0 Å². The maximum Gasteiger partial charge on any atom is 0.222 e. The predicted molar refractivity (Wildman–Crippen MR) is 115 cm³/mol. The predicted octanol–water partition coefficient (Wildman–Crippen LogP) is 3.70. The van der Waals surface area contributed by atoms with Crippen LogP contribution in [0.3, 0.4) is 0 Å². The van der Waals surface area contributed by atoms with Gasteiger partial charge in [0.1, 0.15) is 0 Å². The summed E-state index contributed by atoms with van der Waals surface area (Å²) in [6.07, 6.45) is 1.31. The Morgan fingerprint density at radius 3 is 2.33 bits per heavy atom. The van der Waals surface area contributed by atoms with Gasteiger partial charge >= 0.3 is 0 Å². The summed E-state index contributed by atoms with van der Waals surface area (Å²) in [5.74, 6) is 0.0371. The van der Waals surface area contributed by atoms with E-state index in [0.717, 1.165) is 25.1 Å². The van der Waals surface area contributed by atoms with Crippen molar-refractivity contribution < 1.29 is 4.79 Å². The second kappa shape index (κ2) is 11.3. The van der Waals surface area contributed by atoms with Crippen LogP contribution in [0.4, 0.5) is 0 Å². The first-order valence-electron chi connectivity index (χ1n) is 8.99. The van der Waals surface area contributed by atoms with Crippen LogP contribution < -0.4 is 11.1 Å². The Bertz CT molecular complexity index is 684. The van der Waals surface area contributed by atoms with E-state index in [9.17, 15) is 4.79 Å². The van der Waals surface area contributed by atoms with E-state index in [1.54, 1.807) is 0 Å². The van der Waals surface area contributed by atoms with Gasteiger partial charge in [-0.25, -0.2) is 0 Å². The van der Waals surface area contributed by atoms with E-state index < -0.39 is 0 Å². The third-order valence-corrected chi connectivity index (χ3v) is 4.93. The maximum atomic E-state index is 12.3. The number of halogens is 2. The molecule has 1 saturated heterocycles. The van der Waals surface area contributed by atoms with Crippen molar-refractivity contribution in [2.45, 2.75) is 44.4 Å². The lowest BCUT2D eigenvalue weighted by Gasteiger charge is -2.21. The van der Waals surface area contributed by atoms with Gasteiger partial charge in [-0.1, -0.05) is 60.7 Å². The number of benzene rings is 2. The van der Waals surface area contributed by atoms with Crippen molar-refractivity contribution >= 4 is 30.7 Å². The zero-order chi connectivity index (χ0) is 17.6. The molecular formula is C21H29Cl2N3O. The summed E-state index contributed by atoms with van der Waals surface area (Å²) in [5.41, 5.74) is 8.47. The van der Waals surface area contributed by atoms with Crippen LogP contribution in [-0.4, -0.2) is 29.4 Å². The highest BCUT2D eigenvalue weighted by atomic mass is 35.5. The van der Waals surface area contributed by atoms with Gasteiger partial charge in [0.2, 0.25) is 5.91 Å². The van der Waals surface area contributed by atoms with Crippen LogP contribution in [0.15, 0.2) is 60.7 Å². The van der Waals surface area contributed by atoms with Crippen molar-refractivity contribution in [3.63, 3.8) is 0 Å². The first-order valence-corrected chi connectivity index (χ1v) is 8.99. The number of nitrogens with two attached hydrogens (primary N) is 1. The smallest absolute Gasteiger partial charge is 0.222 e. The molecule has 0 aliphatic carbocycles. The average molecular weight is 410 g/mol. The molecule has 3 unspecified atom stereocenters. The molecule has 1 amide bonds. The Balaban J connectivity index is 0.00000182. The van der Waals surface area contributed by atoms with Crippen molar-refractivity contribution in [2.24, 2.45) is 5.73 Å². The van der Waals surface area contributed by atoms with Crippen molar-refractivity contribution in [1.82, 2.24) is 10.2 Å². The van der Waals surface area contributed by atoms with E-state index in [-0.39, 0.29) is 42.8 Å². The first-order chi connectivity index (χ1) is 12.1. The summed E-state index contributed by atoms with van der Waals surface area (Å²) in [6, 6.07) is 20.7. The Labute approximate surface area is 174 Å². The SMILES string of the molecule is CC1CC(NC(=O)CC(N)c2ccccc2)CN1Cc1ccccc1.Cl.Cl. The topological polar surface area (TPSA) is 58.4 Å². The van der Waals surface area contributed by atoms with Crippen LogP contribution in [0.2, 0.25) is 0 Å². The van der Waals surface area contributed by atoms with Crippen molar-refractivity contribution in [1.29, 1.82) is 0 Å². The monoisotopic (exact) mass is 409 g/mol. The molecule has 1 aliphatic heterocycles. The molecule has 2 aromatic carbocycles. The minimum Gasteiger partial charge on any atom is -0.352 e. The number of carbonyl (C=O) groups excluding carboxylic acids is 1. The van der Waals surface area contributed by atoms with Gasteiger partial charge < -0.3 is 11.1 Å². The van der Waals surface area contributed by atoms with Crippen LogP contribution in [-0.2, 0) is 11.3 Å². The third-order valence-electron chi connectivity index (χ3n) is 4.93. The molecule has 2 aromatic rings. The number of hydrogen-bond acceptors (Lipinski definition) is 3. The highest BCUT2D eigenvalue weighted by Gasteiger charge is 2.30. The zero-order valence-electron chi connectivity index (χ0n) is 15.6. The van der Waals surface area contributed by atoms with E-state index in [0.29, 0.717) is 12.5 Å². The highest BCUT2D eigenvalue weighted by Crippen LogP contribution is 2.21.